The Balaban J connectivity index is 2.13. The first kappa shape index (κ1) is 17.4. The van der Waals surface area contributed by atoms with Gasteiger partial charge in [-0.2, -0.15) is 0 Å². The fourth-order valence-electron chi connectivity index (χ4n) is 4.98. The normalized spacial score (nSPS) is 12.3. The molecule has 0 aliphatic heterocycles. The van der Waals surface area contributed by atoms with Gasteiger partial charge in [-0.1, -0.05) is 12.1 Å². The quantitative estimate of drug-likeness (QED) is 0.276. The molecule has 2 nitrogen and oxygen atoms in total. The van der Waals surface area contributed by atoms with E-state index >= 15 is 0 Å². The van der Waals surface area contributed by atoms with Crippen LogP contribution in [0.4, 0.5) is 0 Å². The summed E-state index contributed by atoms with van der Waals surface area (Å²) in [5.41, 5.74) is 13.9. The predicted molar refractivity (Wildman–Crippen MR) is 119 cm³/mol. The van der Waals surface area contributed by atoms with Crippen molar-refractivity contribution in [3.05, 3.63) is 56.6 Å². The van der Waals surface area contributed by atoms with Gasteiger partial charge in [0.1, 0.15) is 22.3 Å². The fourth-order valence-corrected chi connectivity index (χ4v) is 4.98. The molecule has 0 saturated carbocycles. The van der Waals surface area contributed by atoms with Crippen LogP contribution in [-0.4, -0.2) is 0 Å². The highest BCUT2D eigenvalue weighted by Gasteiger charge is 2.24. The highest BCUT2D eigenvalue weighted by atomic mass is 16.3. The average Bonchev–Trinajstić information content (AvgIpc) is 3.23. The average molecular weight is 370 g/mol. The van der Waals surface area contributed by atoms with Crippen molar-refractivity contribution in [3.8, 4) is 0 Å². The molecule has 0 fully saturated rings. The monoisotopic (exact) mass is 370 g/mol. The van der Waals surface area contributed by atoms with E-state index in [9.17, 15) is 0 Å². The summed E-state index contributed by atoms with van der Waals surface area (Å²) in [6.07, 6.45) is 0. The van der Waals surface area contributed by atoms with Gasteiger partial charge in [0.2, 0.25) is 0 Å². The minimum atomic E-state index is 0.997. The summed E-state index contributed by atoms with van der Waals surface area (Å²) in [6, 6.07) is 4.53. The molecule has 2 heteroatoms. The third-order valence-corrected chi connectivity index (χ3v) is 6.77. The SMILES string of the molecule is Cc1cc(C)c2c(oc3c(C)c4c(oc5c(C)c(C)cc(C)c54)c(C)c32)c1C. The number of furan rings is 2. The second kappa shape index (κ2) is 5.41. The van der Waals surface area contributed by atoms with Crippen molar-refractivity contribution in [2.24, 2.45) is 0 Å². The van der Waals surface area contributed by atoms with Crippen molar-refractivity contribution < 1.29 is 8.83 Å². The minimum Gasteiger partial charge on any atom is -0.455 e. The smallest absolute Gasteiger partial charge is 0.139 e. The number of hydrogen-bond acceptors (Lipinski definition) is 2. The number of aryl methyl sites for hydroxylation is 8. The largest absolute Gasteiger partial charge is 0.455 e. The summed E-state index contributed by atoms with van der Waals surface area (Å²) in [4.78, 5) is 0. The molecule has 5 aromatic rings. The van der Waals surface area contributed by atoms with Crippen molar-refractivity contribution in [1.82, 2.24) is 0 Å². The maximum atomic E-state index is 6.54. The van der Waals surface area contributed by atoms with Crippen LogP contribution in [-0.2, 0) is 0 Å². The number of hydrogen-bond donors (Lipinski definition) is 0. The van der Waals surface area contributed by atoms with E-state index in [0.717, 1.165) is 22.3 Å². The number of benzene rings is 3. The molecule has 0 unspecified atom stereocenters. The molecule has 0 radical (unpaired) electrons. The summed E-state index contributed by atoms with van der Waals surface area (Å²) < 4.78 is 13.1. The molecule has 5 rings (SSSR count). The lowest BCUT2D eigenvalue weighted by Gasteiger charge is -2.06. The number of fused-ring (bicyclic) bond motifs is 6. The van der Waals surface area contributed by atoms with Gasteiger partial charge in [0, 0.05) is 32.7 Å². The van der Waals surface area contributed by atoms with Gasteiger partial charge in [-0.25, -0.2) is 0 Å². The van der Waals surface area contributed by atoms with E-state index in [4.69, 9.17) is 8.83 Å². The van der Waals surface area contributed by atoms with Gasteiger partial charge in [0.25, 0.3) is 0 Å². The van der Waals surface area contributed by atoms with E-state index < -0.39 is 0 Å². The Morgan fingerprint density at radius 3 is 1.07 bits per heavy atom. The molecule has 142 valence electrons. The van der Waals surface area contributed by atoms with Gasteiger partial charge in [-0.3, -0.25) is 0 Å². The Kier molecular flexibility index (Phi) is 3.35. The fraction of sp³-hybridized carbons (Fsp3) is 0.308. The van der Waals surface area contributed by atoms with Gasteiger partial charge in [-0.15, -0.1) is 0 Å². The summed E-state index contributed by atoms with van der Waals surface area (Å²) in [5, 5.41) is 4.86. The maximum absolute atomic E-state index is 6.54. The molecule has 2 heterocycles. The summed E-state index contributed by atoms with van der Waals surface area (Å²) in [5.74, 6) is 0. The molecule has 3 aromatic carbocycles. The van der Waals surface area contributed by atoms with Crippen molar-refractivity contribution >= 4 is 43.9 Å². The molecule has 0 aliphatic carbocycles. The van der Waals surface area contributed by atoms with Gasteiger partial charge >= 0.3 is 0 Å². The topological polar surface area (TPSA) is 26.3 Å². The zero-order valence-electron chi connectivity index (χ0n) is 18.0. The molecule has 0 saturated heterocycles. The first-order chi connectivity index (χ1) is 13.2. The molecule has 0 N–H and O–H groups in total. The second-order valence-electron chi connectivity index (χ2n) is 8.54. The maximum Gasteiger partial charge on any atom is 0.139 e. The molecule has 0 atom stereocenters. The highest BCUT2D eigenvalue weighted by Crippen LogP contribution is 2.45. The molecule has 28 heavy (non-hydrogen) atoms. The second-order valence-corrected chi connectivity index (χ2v) is 8.54. The van der Waals surface area contributed by atoms with Crippen molar-refractivity contribution in [1.29, 1.82) is 0 Å². The Morgan fingerprint density at radius 1 is 0.393 bits per heavy atom. The molecule has 0 amide bonds. The zero-order chi connectivity index (χ0) is 20.1. The van der Waals surface area contributed by atoms with Crippen LogP contribution in [0.2, 0.25) is 0 Å². The lowest BCUT2D eigenvalue weighted by Crippen LogP contribution is -1.87. The first-order valence-corrected chi connectivity index (χ1v) is 9.97. The van der Waals surface area contributed by atoms with E-state index in [1.54, 1.807) is 0 Å². The highest BCUT2D eigenvalue weighted by molar-refractivity contribution is 6.21. The summed E-state index contributed by atoms with van der Waals surface area (Å²) >= 11 is 0. The van der Waals surface area contributed by atoms with Gasteiger partial charge in [-0.05, 0) is 88.8 Å². The molecule has 0 bridgehead atoms. The van der Waals surface area contributed by atoms with Crippen molar-refractivity contribution in [2.75, 3.05) is 0 Å². The van der Waals surface area contributed by atoms with Crippen LogP contribution in [0.1, 0.15) is 44.5 Å². The Hall–Kier alpha value is -2.74. The van der Waals surface area contributed by atoms with Crippen LogP contribution in [0.5, 0.6) is 0 Å². The predicted octanol–water partition coefficient (Wildman–Crippen LogP) is 7.95. The first-order valence-electron chi connectivity index (χ1n) is 9.97. The van der Waals surface area contributed by atoms with E-state index in [-0.39, 0.29) is 0 Å². The van der Waals surface area contributed by atoms with E-state index in [1.165, 1.54) is 66.1 Å². The standard InChI is InChI=1S/C26H26O2/c1-11-9-13(3)19-21-17(7)26-22(18(8)25(21)27-23(19)15(11)5)20-14(4)10-12(2)16(6)24(20)28-26/h9-10H,1-8H3. The molecular formula is C26H26O2. The van der Waals surface area contributed by atoms with Crippen LogP contribution >= 0.6 is 0 Å². The van der Waals surface area contributed by atoms with Gasteiger partial charge < -0.3 is 8.83 Å². The molecular weight excluding hydrogens is 344 g/mol. The van der Waals surface area contributed by atoms with Gasteiger partial charge in [0.15, 0.2) is 0 Å². The molecule has 2 aromatic heterocycles. The minimum absolute atomic E-state index is 0.997. The van der Waals surface area contributed by atoms with E-state index in [2.05, 4.69) is 67.5 Å². The van der Waals surface area contributed by atoms with Crippen LogP contribution in [0.3, 0.4) is 0 Å². The Morgan fingerprint density at radius 2 is 0.714 bits per heavy atom. The van der Waals surface area contributed by atoms with Gasteiger partial charge in [0.05, 0.1) is 0 Å². The lowest BCUT2D eigenvalue weighted by atomic mass is 9.93. The van der Waals surface area contributed by atoms with Crippen LogP contribution < -0.4 is 0 Å². The summed E-state index contributed by atoms with van der Waals surface area (Å²) in [6.45, 7) is 17.3. The van der Waals surface area contributed by atoms with Crippen LogP contribution in [0.25, 0.3) is 43.9 Å². The third kappa shape index (κ3) is 1.93. The number of rotatable bonds is 0. The van der Waals surface area contributed by atoms with E-state index in [0.29, 0.717) is 0 Å². The lowest BCUT2D eigenvalue weighted by molar-refractivity contribution is 0.656. The van der Waals surface area contributed by atoms with Crippen molar-refractivity contribution in [2.45, 2.75) is 55.4 Å². The van der Waals surface area contributed by atoms with E-state index in [1.807, 2.05) is 0 Å². The third-order valence-electron chi connectivity index (χ3n) is 6.77. The zero-order valence-corrected chi connectivity index (χ0v) is 18.0. The van der Waals surface area contributed by atoms with Crippen LogP contribution in [0.15, 0.2) is 21.0 Å². The Labute approximate surface area is 165 Å². The van der Waals surface area contributed by atoms with Crippen molar-refractivity contribution in [3.63, 3.8) is 0 Å². The molecule has 0 spiro atoms. The van der Waals surface area contributed by atoms with Crippen LogP contribution in [0, 0.1) is 55.4 Å². The Bertz CT molecular complexity index is 1360. The summed E-state index contributed by atoms with van der Waals surface area (Å²) in [7, 11) is 0. The molecule has 0 aliphatic rings.